The van der Waals surface area contributed by atoms with E-state index >= 15 is 0 Å². The van der Waals surface area contributed by atoms with Gasteiger partial charge in [0, 0.05) is 0 Å². The SMILES string of the molecule is C1COCCO1.[B]Cl. The molecule has 0 unspecified atom stereocenters. The van der Waals surface area contributed by atoms with Crippen LogP contribution in [0.3, 0.4) is 0 Å². The lowest BCUT2D eigenvalue weighted by Crippen LogP contribution is -2.16. The van der Waals surface area contributed by atoms with Crippen LogP contribution < -0.4 is 0 Å². The van der Waals surface area contributed by atoms with Gasteiger partial charge in [-0.3, -0.25) is 0 Å². The molecule has 0 saturated carbocycles. The highest BCUT2D eigenvalue weighted by atomic mass is 35.5. The molecule has 2 nitrogen and oxygen atoms in total. The van der Waals surface area contributed by atoms with Crippen molar-refractivity contribution >= 4 is 18.7 Å². The Balaban J connectivity index is 0.000000222. The third-order valence-corrected chi connectivity index (χ3v) is 0.744. The third kappa shape index (κ3) is 4.43. The van der Waals surface area contributed by atoms with E-state index in [2.05, 4.69) is 18.7 Å². The lowest BCUT2D eigenvalue weighted by molar-refractivity contribution is -0.0334. The van der Waals surface area contributed by atoms with E-state index in [0.29, 0.717) is 0 Å². The maximum atomic E-state index is 4.94. The van der Waals surface area contributed by atoms with E-state index < -0.39 is 0 Å². The number of hydrogen-bond donors (Lipinski definition) is 0. The topological polar surface area (TPSA) is 18.5 Å². The fraction of sp³-hybridized carbons (Fsp3) is 1.00. The van der Waals surface area contributed by atoms with Gasteiger partial charge in [-0.25, -0.2) is 11.5 Å². The Hall–Kier alpha value is 0.275. The molecule has 0 aromatic carbocycles. The first-order valence-electron chi connectivity index (χ1n) is 2.37. The van der Waals surface area contributed by atoms with Gasteiger partial charge in [0.15, 0.2) is 0 Å². The molecular formula is C4H8BClO2. The molecule has 0 atom stereocenters. The van der Waals surface area contributed by atoms with E-state index in [1.54, 1.807) is 0 Å². The smallest absolute Gasteiger partial charge is 0.214 e. The lowest BCUT2D eigenvalue weighted by atomic mass is 10.6. The summed E-state index contributed by atoms with van der Waals surface area (Å²) in [6.07, 6.45) is 0. The first-order valence-corrected chi connectivity index (χ1v) is 2.81. The Kier molecular flexibility index (Phi) is 7.52. The van der Waals surface area contributed by atoms with Gasteiger partial charge in [-0.1, -0.05) is 0 Å². The van der Waals surface area contributed by atoms with Crippen LogP contribution in [0, 0.1) is 0 Å². The molecule has 1 aliphatic heterocycles. The minimum atomic E-state index is 0.778. The molecule has 46 valence electrons. The maximum absolute atomic E-state index is 4.94. The Morgan fingerprint density at radius 2 is 1.12 bits per heavy atom. The van der Waals surface area contributed by atoms with Crippen LogP contribution in [0.5, 0.6) is 0 Å². The lowest BCUT2D eigenvalue weighted by Gasteiger charge is -2.09. The normalized spacial score (nSPS) is 18.6. The van der Waals surface area contributed by atoms with E-state index in [4.69, 9.17) is 9.47 Å². The number of ether oxygens (including phenoxy) is 2. The monoisotopic (exact) mass is 134 g/mol. The molecule has 1 aliphatic rings. The van der Waals surface area contributed by atoms with Gasteiger partial charge in [0.25, 0.3) is 0 Å². The average Bonchev–Trinajstić information content (AvgIpc) is 1.96. The van der Waals surface area contributed by atoms with Gasteiger partial charge in [0.1, 0.15) is 0 Å². The summed E-state index contributed by atoms with van der Waals surface area (Å²) in [5, 5.41) is 0. The standard InChI is InChI=1S/C4H8O2.BCl/c1-2-6-4-3-5-1;1-2/h1-4H2;. The van der Waals surface area contributed by atoms with Crippen LogP contribution in [0.2, 0.25) is 0 Å². The van der Waals surface area contributed by atoms with Crippen molar-refractivity contribution in [1.29, 1.82) is 0 Å². The van der Waals surface area contributed by atoms with E-state index in [0.717, 1.165) is 26.4 Å². The molecule has 1 rings (SSSR count). The summed E-state index contributed by atoms with van der Waals surface area (Å²) in [5.74, 6) is 0. The van der Waals surface area contributed by atoms with Crippen molar-refractivity contribution in [3.8, 4) is 0 Å². The third-order valence-electron chi connectivity index (χ3n) is 0.744. The minimum absolute atomic E-state index is 0.778. The van der Waals surface area contributed by atoms with Gasteiger partial charge < -0.3 is 9.47 Å². The van der Waals surface area contributed by atoms with Crippen molar-refractivity contribution in [3.05, 3.63) is 0 Å². The van der Waals surface area contributed by atoms with Crippen LogP contribution in [0.15, 0.2) is 0 Å². The van der Waals surface area contributed by atoms with E-state index in [1.807, 2.05) is 0 Å². The molecule has 0 aromatic rings. The van der Waals surface area contributed by atoms with Crippen LogP contribution in [0.4, 0.5) is 0 Å². The predicted molar refractivity (Wildman–Crippen MR) is 33.2 cm³/mol. The van der Waals surface area contributed by atoms with E-state index in [1.165, 1.54) is 0 Å². The van der Waals surface area contributed by atoms with Gasteiger partial charge in [0.05, 0.1) is 26.4 Å². The highest BCUT2D eigenvalue weighted by Gasteiger charge is 1.94. The Morgan fingerprint density at radius 1 is 0.875 bits per heavy atom. The molecule has 4 heteroatoms. The molecule has 1 heterocycles. The molecule has 0 spiro atoms. The van der Waals surface area contributed by atoms with Crippen molar-refractivity contribution in [3.63, 3.8) is 0 Å². The fourth-order valence-corrected chi connectivity index (χ4v) is 0.440. The molecule has 1 saturated heterocycles. The first kappa shape index (κ1) is 8.27. The Bertz CT molecular complexity index is 29.5. The molecule has 0 aromatic heterocycles. The molecule has 0 amide bonds. The number of hydrogen-bond acceptors (Lipinski definition) is 2. The first-order chi connectivity index (χ1) is 4.00. The summed E-state index contributed by atoms with van der Waals surface area (Å²) >= 11 is 4.14. The second-order valence-electron chi connectivity index (χ2n) is 1.22. The number of halogens is 1. The second kappa shape index (κ2) is 7.27. The molecule has 0 N–H and O–H groups in total. The van der Waals surface area contributed by atoms with E-state index in [9.17, 15) is 0 Å². The van der Waals surface area contributed by atoms with Crippen LogP contribution in [-0.2, 0) is 9.47 Å². The van der Waals surface area contributed by atoms with Crippen molar-refractivity contribution < 1.29 is 9.47 Å². The largest absolute Gasteiger partial charge is 0.377 e. The van der Waals surface area contributed by atoms with Crippen molar-refractivity contribution in [2.45, 2.75) is 0 Å². The zero-order valence-corrected chi connectivity index (χ0v) is 5.36. The maximum Gasteiger partial charge on any atom is 0.214 e. The minimum Gasteiger partial charge on any atom is -0.377 e. The van der Waals surface area contributed by atoms with E-state index in [-0.39, 0.29) is 0 Å². The highest BCUT2D eigenvalue weighted by Crippen LogP contribution is 1.85. The van der Waals surface area contributed by atoms with Gasteiger partial charge in [-0.15, -0.1) is 0 Å². The van der Waals surface area contributed by atoms with Crippen molar-refractivity contribution in [2.24, 2.45) is 0 Å². The molecule has 2 radical (unpaired) electrons. The van der Waals surface area contributed by atoms with Gasteiger partial charge >= 0.3 is 0 Å². The zero-order valence-electron chi connectivity index (χ0n) is 4.60. The van der Waals surface area contributed by atoms with Gasteiger partial charge in [-0.05, 0) is 0 Å². The molecule has 1 fully saturated rings. The number of rotatable bonds is 0. The summed E-state index contributed by atoms with van der Waals surface area (Å²) in [6, 6.07) is 0. The fourth-order valence-electron chi connectivity index (χ4n) is 0.440. The molecule has 0 bridgehead atoms. The summed E-state index contributed by atoms with van der Waals surface area (Å²) in [5.41, 5.74) is 0. The molecule has 8 heavy (non-hydrogen) atoms. The summed E-state index contributed by atoms with van der Waals surface area (Å²) < 4.78 is 9.89. The highest BCUT2D eigenvalue weighted by molar-refractivity contribution is 6.80. The van der Waals surface area contributed by atoms with Gasteiger partial charge in [0.2, 0.25) is 7.26 Å². The van der Waals surface area contributed by atoms with Crippen LogP contribution in [0.1, 0.15) is 0 Å². The zero-order chi connectivity index (χ0) is 6.24. The predicted octanol–water partition coefficient (Wildman–Crippen LogP) is 0.342. The van der Waals surface area contributed by atoms with Crippen molar-refractivity contribution in [1.82, 2.24) is 0 Å². The Labute approximate surface area is 55.4 Å². The van der Waals surface area contributed by atoms with Crippen LogP contribution in [-0.4, -0.2) is 33.7 Å². The Morgan fingerprint density at radius 3 is 1.25 bits per heavy atom. The average molecular weight is 134 g/mol. The summed E-state index contributed by atoms with van der Waals surface area (Å²) in [7, 11) is 3.97. The summed E-state index contributed by atoms with van der Waals surface area (Å²) in [6.45, 7) is 3.11. The molecule has 0 aliphatic carbocycles. The molecular weight excluding hydrogens is 126 g/mol. The van der Waals surface area contributed by atoms with Crippen LogP contribution >= 0.6 is 11.5 Å². The quantitative estimate of drug-likeness (QED) is 0.445. The van der Waals surface area contributed by atoms with Crippen LogP contribution in [0.25, 0.3) is 0 Å². The van der Waals surface area contributed by atoms with Gasteiger partial charge in [-0.2, -0.15) is 0 Å². The summed E-state index contributed by atoms with van der Waals surface area (Å²) in [4.78, 5) is 0. The van der Waals surface area contributed by atoms with Crippen molar-refractivity contribution in [2.75, 3.05) is 26.4 Å². The second-order valence-corrected chi connectivity index (χ2v) is 1.22.